The molecule has 0 aliphatic carbocycles. The first-order chi connectivity index (χ1) is 7.17. The third kappa shape index (κ3) is 3.36. The molecular formula is C10H16N2O3. The third-order valence-electron chi connectivity index (χ3n) is 2.44. The van der Waals surface area contributed by atoms with Gasteiger partial charge in [0.15, 0.2) is 0 Å². The number of nitrogens with zero attached hydrogens (tertiary/aromatic N) is 2. The summed E-state index contributed by atoms with van der Waals surface area (Å²) < 4.78 is 4.57. The highest BCUT2D eigenvalue weighted by Crippen LogP contribution is 2.02. The van der Waals surface area contributed by atoms with Crippen LogP contribution in [0.2, 0.25) is 0 Å². The molecular weight excluding hydrogens is 196 g/mol. The molecule has 84 valence electrons. The smallest absolute Gasteiger partial charge is 0.319 e. The van der Waals surface area contributed by atoms with Crippen LogP contribution in [-0.4, -0.2) is 61.5 Å². The number of hydrogen-bond acceptors (Lipinski definition) is 4. The van der Waals surface area contributed by atoms with Gasteiger partial charge in [-0.25, -0.2) is 0 Å². The van der Waals surface area contributed by atoms with Crippen molar-refractivity contribution < 1.29 is 14.3 Å². The fraction of sp³-hybridized carbons (Fsp3) is 0.600. The van der Waals surface area contributed by atoms with Gasteiger partial charge in [-0.05, 0) is 6.08 Å². The average molecular weight is 212 g/mol. The van der Waals surface area contributed by atoms with E-state index >= 15 is 0 Å². The number of methoxy groups -OCH3 is 1. The normalized spacial score (nSPS) is 17.3. The molecule has 0 atom stereocenters. The van der Waals surface area contributed by atoms with Crippen LogP contribution in [0.15, 0.2) is 12.7 Å². The van der Waals surface area contributed by atoms with Crippen LogP contribution in [0.1, 0.15) is 0 Å². The Bertz CT molecular complexity index is 257. The van der Waals surface area contributed by atoms with Crippen molar-refractivity contribution in [3.8, 4) is 0 Å². The highest BCUT2D eigenvalue weighted by Gasteiger charge is 2.20. The van der Waals surface area contributed by atoms with E-state index in [1.54, 1.807) is 4.90 Å². The summed E-state index contributed by atoms with van der Waals surface area (Å²) in [5.74, 6) is -0.286. The average Bonchev–Trinajstić information content (AvgIpc) is 2.29. The lowest BCUT2D eigenvalue weighted by atomic mass is 10.3. The first-order valence-corrected chi connectivity index (χ1v) is 4.88. The molecule has 0 N–H and O–H groups in total. The van der Waals surface area contributed by atoms with E-state index in [4.69, 9.17) is 0 Å². The van der Waals surface area contributed by atoms with Crippen molar-refractivity contribution in [1.82, 2.24) is 9.80 Å². The van der Waals surface area contributed by atoms with E-state index in [9.17, 15) is 9.59 Å². The lowest BCUT2D eigenvalue weighted by Crippen LogP contribution is -2.49. The monoisotopic (exact) mass is 212 g/mol. The maximum Gasteiger partial charge on any atom is 0.319 e. The fourth-order valence-corrected chi connectivity index (χ4v) is 1.50. The zero-order valence-electron chi connectivity index (χ0n) is 8.94. The van der Waals surface area contributed by atoms with Gasteiger partial charge in [-0.3, -0.25) is 14.5 Å². The lowest BCUT2D eigenvalue weighted by Gasteiger charge is -2.33. The molecule has 0 saturated carbocycles. The molecule has 1 aliphatic heterocycles. The van der Waals surface area contributed by atoms with Gasteiger partial charge in [-0.1, -0.05) is 6.58 Å². The predicted molar refractivity (Wildman–Crippen MR) is 55.2 cm³/mol. The Morgan fingerprint density at radius 3 is 2.40 bits per heavy atom. The molecule has 0 radical (unpaired) electrons. The highest BCUT2D eigenvalue weighted by atomic mass is 16.5. The van der Waals surface area contributed by atoms with Crippen LogP contribution in [-0.2, 0) is 14.3 Å². The van der Waals surface area contributed by atoms with Gasteiger partial charge in [0.1, 0.15) is 0 Å². The fourth-order valence-electron chi connectivity index (χ4n) is 1.50. The van der Waals surface area contributed by atoms with Gasteiger partial charge in [0, 0.05) is 26.2 Å². The molecule has 0 aromatic carbocycles. The van der Waals surface area contributed by atoms with Crippen LogP contribution in [0, 0.1) is 0 Å². The van der Waals surface area contributed by atoms with Crippen molar-refractivity contribution in [2.45, 2.75) is 0 Å². The number of piperazine rings is 1. The maximum absolute atomic E-state index is 11.2. The Balaban J connectivity index is 2.32. The van der Waals surface area contributed by atoms with Crippen molar-refractivity contribution in [2.24, 2.45) is 0 Å². The molecule has 1 saturated heterocycles. The molecule has 1 amide bonds. The Kier molecular flexibility index (Phi) is 4.30. The summed E-state index contributed by atoms with van der Waals surface area (Å²) in [5.41, 5.74) is 0. The number of esters is 1. The second kappa shape index (κ2) is 5.50. The van der Waals surface area contributed by atoms with Gasteiger partial charge in [-0.15, -0.1) is 0 Å². The first kappa shape index (κ1) is 11.7. The van der Waals surface area contributed by atoms with Crippen LogP contribution in [0.25, 0.3) is 0 Å². The summed E-state index contributed by atoms with van der Waals surface area (Å²) in [4.78, 5) is 25.9. The Labute approximate surface area is 89.3 Å². The third-order valence-corrected chi connectivity index (χ3v) is 2.44. The Morgan fingerprint density at radius 1 is 1.33 bits per heavy atom. The summed E-state index contributed by atoms with van der Waals surface area (Å²) in [7, 11) is 1.37. The van der Waals surface area contributed by atoms with Gasteiger partial charge in [-0.2, -0.15) is 0 Å². The SMILES string of the molecule is C=CC(=O)N1CCN(CC(=O)OC)CC1. The second-order valence-electron chi connectivity index (χ2n) is 3.38. The molecule has 5 heteroatoms. The molecule has 1 aliphatic rings. The molecule has 1 fully saturated rings. The molecule has 0 aromatic heterocycles. The van der Waals surface area contributed by atoms with Gasteiger partial charge < -0.3 is 9.64 Å². The number of carbonyl (C=O) groups excluding carboxylic acids is 2. The van der Waals surface area contributed by atoms with Gasteiger partial charge in [0.2, 0.25) is 5.91 Å². The maximum atomic E-state index is 11.2. The molecule has 15 heavy (non-hydrogen) atoms. The van der Waals surface area contributed by atoms with Crippen molar-refractivity contribution in [3.63, 3.8) is 0 Å². The van der Waals surface area contributed by atoms with Gasteiger partial charge >= 0.3 is 5.97 Å². The summed E-state index contributed by atoms with van der Waals surface area (Å²) in [6, 6.07) is 0. The molecule has 1 rings (SSSR count). The molecule has 0 unspecified atom stereocenters. The predicted octanol–water partition coefficient (Wildman–Crippen LogP) is -0.510. The number of ether oxygens (including phenoxy) is 1. The van der Waals surface area contributed by atoms with Crippen molar-refractivity contribution in [1.29, 1.82) is 0 Å². The highest BCUT2D eigenvalue weighted by molar-refractivity contribution is 5.87. The van der Waals surface area contributed by atoms with Crippen LogP contribution >= 0.6 is 0 Å². The van der Waals surface area contributed by atoms with Crippen LogP contribution in [0.3, 0.4) is 0 Å². The van der Waals surface area contributed by atoms with Crippen LogP contribution in [0.5, 0.6) is 0 Å². The second-order valence-corrected chi connectivity index (χ2v) is 3.38. The van der Waals surface area contributed by atoms with E-state index in [-0.39, 0.29) is 11.9 Å². The minimum absolute atomic E-state index is 0.0484. The summed E-state index contributed by atoms with van der Waals surface area (Å²) in [5, 5.41) is 0. The summed E-state index contributed by atoms with van der Waals surface area (Å²) >= 11 is 0. The molecule has 1 heterocycles. The van der Waals surface area contributed by atoms with E-state index in [1.165, 1.54) is 13.2 Å². The van der Waals surface area contributed by atoms with Crippen molar-refractivity contribution in [2.75, 3.05) is 39.8 Å². The number of amides is 1. The molecule has 0 bridgehead atoms. The molecule has 5 nitrogen and oxygen atoms in total. The molecule has 0 spiro atoms. The minimum atomic E-state index is -0.238. The van der Waals surface area contributed by atoms with E-state index in [2.05, 4.69) is 11.3 Å². The van der Waals surface area contributed by atoms with Gasteiger partial charge in [0.25, 0.3) is 0 Å². The zero-order valence-corrected chi connectivity index (χ0v) is 8.94. The van der Waals surface area contributed by atoms with E-state index in [0.717, 1.165) is 0 Å². The Morgan fingerprint density at radius 2 is 1.93 bits per heavy atom. The van der Waals surface area contributed by atoms with Crippen molar-refractivity contribution >= 4 is 11.9 Å². The Hall–Kier alpha value is -1.36. The zero-order chi connectivity index (χ0) is 11.3. The van der Waals surface area contributed by atoms with Crippen LogP contribution in [0.4, 0.5) is 0 Å². The van der Waals surface area contributed by atoms with E-state index in [0.29, 0.717) is 32.7 Å². The van der Waals surface area contributed by atoms with Crippen molar-refractivity contribution in [3.05, 3.63) is 12.7 Å². The van der Waals surface area contributed by atoms with E-state index in [1.807, 2.05) is 4.90 Å². The van der Waals surface area contributed by atoms with E-state index < -0.39 is 0 Å². The standard InChI is InChI=1S/C10H16N2O3/c1-3-9(13)12-6-4-11(5-7-12)8-10(14)15-2/h3H,1,4-8H2,2H3. The molecule has 0 aromatic rings. The quantitative estimate of drug-likeness (QED) is 0.467. The number of carbonyl (C=O) groups is 2. The lowest BCUT2D eigenvalue weighted by molar-refractivity contribution is -0.142. The summed E-state index contributed by atoms with van der Waals surface area (Å²) in [6.07, 6.45) is 1.32. The topological polar surface area (TPSA) is 49.9 Å². The first-order valence-electron chi connectivity index (χ1n) is 4.88. The minimum Gasteiger partial charge on any atom is -0.468 e. The van der Waals surface area contributed by atoms with Gasteiger partial charge in [0.05, 0.1) is 13.7 Å². The number of hydrogen-bond donors (Lipinski definition) is 0. The largest absolute Gasteiger partial charge is 0.468 e. The van der Waals surface area contributed by atoms with Crippen LogP contribution < -0.4 is 0 Å². The summed E-state index contributed by atoms with van der Waals surface area (Å²) in [6.45, 7) is 6.42. The number of rotatable bonds is 3.